The molecular formula is C16H18ClNO. The average molecular weight is 276 g/mol. The van der Waals surface area contributed by atoms with Crippen LogP contribution in [0, 0.1) is 0 Å². The van der Waals surface area contributed by atoms with Gasteiger partial charge in [-0.25, -0.2) is 0 Å². The largest absolute Gasteiger partial charge is 0.497 e. The highest BCUT2D eigenvalue weighted by atomic mass is 35.5. The Balaban J connectivity index is 2.17. The summed E-state index contributed by atoms with van der Waals surface area (Å²) in [5.74, 6) is 0.872. The minimum Gasteiger partial charge on any atom is -0.497 e. The fourth-order valence-corrected chi connectivity index (χ4v) is 2.13. The molecule has 0 aliphatic rings. The molecule has 0 radical (unpaired) electrons. The molecule has 0 spiro atoms. The minimum absolute atomic E-state index is 0.283. The van der Waals surface area contributed by atoms with Crippen LogP contribution in [0.1, 0.15) is 18.5 Å². The highest BCUT2D eigenvalue weighted by molar-refractivity contribution is 6.30. The number of nitrogens with zero attached hydrogens (tertiary/aromatic N) is 1. The Bertz CT molecular complexity index is 521. The number of halogens is 1. The molecule has 0 saturated heterocycles. The van der Waals surface area contributed by atoms with Crippen LogP contribution in [-0.2, 0) is 0 Å². The third kappa shape index (κ3) is 3.21. The van der Waals surface area contributed by atoms with Crippen LogP contribution >= 0.6 is 11.6 Å². The second-order valence-corrected chi connectivity index (χ2v) is 4.97. The van der Waals surface area contributed by atoms with E-state index in [0.29, 0.717) is 0 Å². The van der Waals surface area contributed by atoms with E-state index in [0.717, 1.165) is 16.5 Å². The van der Waals surface area contributed by atoms with Crippen LogP contribution in [0.2, 0.25) is 5.02 Å². The van der Waals surface area contributed by atoms with Gasteiger partial charge in [-0.3, -0.25) is 0 Å². The minimum atomic E-state index is 0.283. The van der Waals surface area contributed by atoms with Crippen molar-refractivity contribution in [2.24, 2.45) is 0 Å². The Morgan fingerprint density at radius 2 is 1.58 bits per heavy atom. The maximum Gasteiger partial charge on any atom is 0.119 e. The zero-order valence-electron chi connectivity index (χ0n) is 11.4. The topological polar surface area (TPSA) is 12.5 Å². The van der Waals surface area contributed by atoms with E-state index in [9.17, 15) is 0 Å². The van der Waals surface area contributed by atoms with E-state index in [1.165, 1.54) is 5.56 Å². The Morgan fingerprint density at radius 3 is 2.11 bits per heavy atom. The second-order valence-electron chi connectivity index (χ2n) is 4.54. The van der Waals surface area contributed by atoms with Crippen LogP contribution in [0.15, 0.2) is 48.5 Å². The first-order valence-electron chi connectivity index (χ1n) is 6.24. The van der Waals surface area contributed by atoms with Gasteiger partial charge >= 0.3 is 0 Å². The molecule has 2 aromatic carbocycles. The first kappa shape index (κ1) is 13.8. The van der Waals surface area contributed by atoms with Crippen LogP contribution in [0.25, 0.3) is 0 Å². The summed E-state index contributed by atoms with van der Waals surface area (Å²) in [6.45, 7) is 2.17. The molecule has 100 valence electrons. The quantitative estimate of drug-likeness (QED) is 0.812. The van der Waals surface area contributed by atoms with Crippen molar-refractivity contribution >= 4 is 17.3 Å². The molecule has 0 bridgehead atoms. The van der Waals surface area contributed by atoms with E-state index in [2.05, 4.69) is 43.1 Å². The standard InChI is InChI=1S/C16H18ClNO/c1-12(13-4-6-14(17)7-5-13)18(2)15-8-10-16(19-3)11-9-15/h4-12H,1-3H3. The molecule has 0 heterocycles. The van der Waals surface area contributed by atoms with Crippen molar-refractivity contribution < 1.29 is 4.74 Å². The summed E-state index contributed by atoms with van der Waals surface area (Å²) >= 11 is 5.92. The van der Waals surface area contributed by atoms with Crippen molar-refractivity contribution in [1.82, 2.24) is 0 Å². The molecule has 0 aromatic heterocycles. The molecule has 1 unspecified atom stereocenters. The normalized spacial score (nSPS) is 12.0. The molecule has 2 aromatic rings. The van der Waals surface area contributed by atoms with Gasteiger partial charge in [0.05, 0.1) is 13.2 Å². The Kier molecular flexibility index (Phi) is 4.33. The van der Waals surface area contributed by atoms with Gasteiger partial charge in [0.2, 0.25) is 0 Å². The summed E-state index contributed by atoms with van der Waals surface area (Å²) in [6.07, 6.45) is 0. The maximum absolute atomic E-state index is 5.92. The van der Waals surface area contributed by atoms with Gasteiger partial charge in [-0.1, -0.05) is 23.7 Å². The average Bonchev–Trinajstić information content (AvgIpc) is 2.46. The summed E-state index contributed by atoms with van der Waals surface area (Å²) in [4.78, 5) is 2.22. The van der Waals surface area contributed by atoms with E-state index < -0.39 is 0 Å². The molecule has 3 heteroatoms. The molecule has 0 fully saturated rings. The summed E-state index contributed by atoms with van der Waals surface area (Å²) in [7, 11) is 3.76. The zero-order chi connectivity index (χ0) is 13.8. The highest BCUT2D eigenvalue weighted by Gasteiger charge is 2.12. The molecular weight excluding hydrogens is 258 g/mol. The van der Waals surface area contributed by atoms with Gasteiger partial charge in [0.1, 0.15) is 5.75 Å². The van der Waals surface area contributed by atoms with Crippen molar-refractivity contribution in [3.05, 3.63) is 59.1 Å². The van der Waals surface area contributed by atoms with Crippen molar-refractivity contribution in [1.29, 1.82) is 0 Å². The summed E-state index contributed by atoms with van der Waals surface area (Å²) in [5.41, 5.74) is 2.39. The Labute approximate surface area is 119 Å². The van der Waals surface area contributed by atoms with E-state index in [-0.39, 0.29) is 6.04 Å². The number of methoxy groups -OCH3 is 1. The summed E-state index contributed by atoms with van der Waals surface area (Å²) in [5, 5.41) is 0.767. The molecule has 19 heavy (non-hydrogen) atoms. The second kappa shape index (κ2) is 5.98. The lowest BCUT2D eigenvalue weighted by atomic mass is 10.1. The van der Waals surface area contributed by atoms with E-state index in [4.69, 9.17) is 16.3 Å². The van der Waals surface area contributed by atoms with Gasteiger partial charge < -0.3 is 9.64 Å². The Morgan fingerprint density at radius 1 is 1.00 bits per heavy atom. The first-order chi connectivity index (χ1) is 9.11. The molecule has 2 nitrogen and oxygen atoms in total. The van der Waals surface area contributed by atoms with Crippen LogP contribution in [0.3, 0.4) is 0 Å². The van der Waals surface area contributed by atoms with Gasteiger partial charge in [-0.15, -0.1) is 0 Å². The number of benzene rings is 2. The van der Waals surface area contributed by atoms with Crippen LogP contribution < -0.4 is 9.64 Å². The van der Waals surface area contributed by atoms with Gasteiger partial charge in [0.25, 0.3) is 0 Å². The predicted molar refractivity (Wildman–Crippen MR) is 81.3 cm³/mol. The monoisotopic (exact) mass is 275 g/mol. The number of anilines is 1. The van der Waals surface area contributed by atoms with Crippen LogP contribution in [-0.4, -0.2) is 14.2 Å². The zero-order valence-corrected chi connectivity index (χ0v) is 12.2. The van der Waals surface area contributed by atoms with Gasteiger partial charge in [-0.2, -0.15) is 0 Å². The lowest BCUT2D eigenvalue weighted by Gasteiger charge is -2.27. The highest BCUT2D eigenvalue weighted by Crippen LogP contribution is 2.27. The van der Waals surface area contributed by atoms with Crippen molar-refractivity contribution in [2.45, 2.75) is 13.0 Å². The molecule has 0 amide bonds. The molecule has 2 rings (SSSR count). The number of hydrogen-bond donors (Lipinski definition) is 0. The fourth-order valence-electron chi connectivity index (χ4n) is 2.01. The van der Waals surface area contributed by atoms with Crippen LogP contribution in [0.5, 0.6) is 5.75 Å². The lowest BCUT2D eigenvalue weighted by Crippen LogP contribution is -2.21. The van der Waals surface area contributed by atoms with Crippen molar-refractivity contribution in [3.8, 4) is 5.75 Å². The predicted octanol–water partition coefficient (Wildman–Crippen LogP) is 4.55. The molecule has 0 aliphatic carbocycles. The van der Waals surface area contributed by atoms with Crippen LogP contribution in [0.4, 0.5) is 5.69 Å². The lowest BCUT2D eigenvalue weighted by molar-refractivity contribution is 0.415. The fraction of sp³-hybridized carbons (Fsp3) is 0.250. The van der Waals surface area contributed by atoms with E-state index in [1.807, 2.05) is 24.3 Å². The Hall–Kier alpha value is -1.67. The van der Waals surface area contributed by atoms with Gasteiger partial charge in [-0.05, 0) is 48.9 Å². The van der Waals surface area contributed by atoms with Gasteiger partial charge in [0, 0.05) is 17.8 Å². The number of ether oxygens (including phenoxy) is 1. The van der Waals surface area contributed by atoms with E-state index >= 15 is 0 Å². The third-order valence-electron chi connectivity index (χ3n) is 3.41. The van der Waals surface area contributed by atoms with Gasteiger partial charge in [0.15, 0.2) is 0 Å². The maximum atomic E-state index is 5.92. The number of rotatable bonds is 4. The molecule has 0 saturated carbocycles. The van der Waals surface area contributed by atoms with Crippen molar-refractivity contribution in [3.63, 3.8) is 0 Å². The first-order valence-corrected chi connectivity index (χ1v) is 6.62. The number of hydrogen-bond acceptors (Lipinski definition) is 2. The third-order valence-corrected chi connectivity index (χ3v) is 3.67. The summed E-state index contributed by atoms with van der Waals surface area (Å²) in [6, 6.07) is 16.3. The molecule has 0 N–H and O–H groups in total. The smallest absolute Gasteiger partial charge is 0.119 e. The molecule has 1 atom stereocenters. The SMILES string of the molecule is COc1ccc(N(C)C(C)c2ccc(Cl)cc2)cc1. The van der Waals surface area contributed by atoms with Crippen molar-refractivity contribution in [2.75, 3.05) is 19.1 Å². The molecule has 0 aliphatic heterocycles. The summed E-state index contributed by atoms with van der Waals surface area (Å²) < 4.78 is 5.17. The van der Waals surface area contributed by atoms with E-state index in [1.54, 1.807) is 7.11 Å².